The fourth-order valence-corrected chi connectivity index (χ4v) is 2.46. The third-order valence-electron chi connectivity index (χ3n) is 3.52. The Bertz CT molecular complexity index is 516. The fourth-order valence-electron chi connectivity index (χ4n) is 2.46. The average molecular weight is 263 g/mol. The van der Waals surface area contributed by atoms with Gasteiger partial charge in [0.2, 0.25) is 0 Å². The quantitative estimate of drug-likeness (QED) is 0.779. The number of cyclic esters (lactones) is 1. The minimum absolute atomic E-state index is 0.297. The van der Waals surface area contributed by atoms with E-state index in [1.54, 1.807) is 11.9 Å². The van der Waals surface area contributed by atoms with Crippen molar-refractivity contribution in [2.45, 2.75) is 18.9 Å². The molecule has 0 bridgehead atoms. The summed E-state index contributed by atoms with van der Waals surface area (Å²) in [4.78, 5) is 13.1. The highest BCUT2D eigenvalue weighted by Gasteiger charge is 2.41. The van der Waals surface area contributed by atoms with Crippen LogP contribution in [0, 0.1) is 0 Å². The van der Waals surface area contributed by atoms with Crippen molar-refractivity contribution in [1.82, 2.24) is 4.90 Å². The Balaban J connectivity index is 1.94. The van der Waals surface area contributed by atoms with Crippen molar-refractivity contribution in [3.8, 4) is 11.5 Å². The molecule has 102 valence electrons. The van der Waals surface area contributed by atoms with Crippen molar-refractivity contribution in [3.63, 3.8) is 0 Å². The molecule has 5 heteroatoms. The molecule has 19 heavy (non-hydrogen) atoms. The lowest BCUT2D eigenvalue weighted by atomic mass is 9.95. The number of ether oxygens (including phenoxy) is 3. The van der Waals surface area contributed by atoms with Crippen molar-refractivity contribution in [1.29, 1.82) is 0 Å². The number of rotatable bonds is 1. The maximum Gasteiger partial charge on any atom is 0.410 e. The lowest BCUT2D eigenvalue weighted by molar-refractivity contribution is 0.0699. The first-order valence-electron chi connectivity index (χ1n) is 6.43. The van der Waals surface area contributed by atoms with Gasteiger partial charge in [-0.25, -0.2) is 4.79 Å². The number of nitrogens with zero attached hydrogens (tertiary/aromatic N) is 1. The van der Waals surface area contributed by atoms with Crippen LogP contribution in [0.5, 0.6) is 11.5 Å². The van der Waals surface area contributed by atoms with E-state index >= 15 is 0 Å². The molecule has 1 aromatic carbocycles. The summed E-state index contributed by atoms with van der Waals surface area (Å²) in [6.45, 7) is 3.76. The Hall–Kier alpha value is -1.91. The maximum absolute atomic E-state index is 11.6. The first-order chi connectivity index (χ1) is 9.08. The topological polar surface area (TPSA) is 48.0 Å². The zero-order chi connectivity index (χ0) is 13.5. The van der Waals surface area contributed by atoms with Crippen molar-refractivity contribution in [2.75, 3.05) is 26.8 Å². The highest BCUT2D eigenvalue weighted by molar-refractivity contribution is 5.70. The summed E-state index contributed by atoms with van der Waals surface area (Å²) in [6, 6.07) is 5.72. The monoisotopic (exact) mass is 263 g/mol. The van der Waals surface area contributed by atoms with E-state index in [4.69, 9.17) is 14.2 Å². The summed E-state index contributed by atoms with van der Waals surface area (Å²) in [5.74, 6) is 1.48. The molecule has 0 saturated carbocycles. The van der Waals surface area contributed by atoms with E-state index in [2.05, 4.69) is 0 Å². The predicted octanol–water partition coefficient (Wildman–Crippen LogP) is 2.15. The zero-order valence-electron chi connectivity index (χ0n) is 11.1. The molecule has 1 amide bonds. The number of fused-ring (bicyclic) bond motifs is 1. The van der Waals surface area contributed by atoms with E-state index in [9.17, 15) is 4.79 Å². The predicted molar refractivity (Wildman–Crippen MR) is 68.5 cm³/mol. The van der Waals surface area contributed by atoms with Crippen LogP contribution in [0.4, 0.5) is 4.79 Å². The molecule has 3 rings (SSSR count). The number of hydrogen-bond acceptors (Lipinski definition) is 4. The maximum atomic E-state index is 11.6. The molecule has 2 heterocycles. The van der Waals surface area contributed by atoms with Gasteiger partial charge in [0.15, 0.2) is 17.1 Å². The second kappa shape index (κ2) is 4.33. The summed E-state index contributed by atoms with van der Waals surface area (Å²) in [5, 5.41) is 0. The van der Waals surface area contributed by atoms with E-state index in [1.165, 1.54) is 0 Å². The van der Waals surface area contributed by atoms with E-state index in [0.29, 0.717) is 19.8 Å². The number of benzene rings is 1. The van der Waals surface area contributed by atoms with Gasteiger partial charge in [0.25, 0.3) is 0 Å². The standard InChI is InChI=1S/C14H17NO4/c1-14(9-15(2)13(16)19-14)10-4-5-11-12(8-10)18-7-3-6-17-11/h4-5,8H,3,6-7,9H2,1-2H3. The Morgan fingerprint density at radius 2 is 1.95 bits per heavy atom. The van der Waals surface area contributed by atoms with Crippen LogP contribution in [0.2, 0.25) is 0 Å². The molecule has 0 aliphatic carbocycles. The molecular formula is C14H17NO4. The molecule has 0 N–H and O–H groups in total. The van der Waals surface area contributed by atoms with Crippen molar-refractivity contribution >= 4 is 6.09 Å². The SMILES string of the molecule is CN1CC(C)(c2ccc3c(c2)OCCCO3)OC1=O. The summed E-state index contributed by atoms with van der Waals surface area (Å²) in [6.07, 6.45) is 0.577. The third-order valence-corrected chi connectivity index (χ3v) is 3.52. The van der Waals surface area contributed by atoms with E-state index in [0.717, 1.165) is 23.5 Å². The normalized spacial score (nSPS) is 26.0. The van der Waals surface area contributed by atoms with Crippen LogP contribution >= 0.6 is 0 Å². The summed E-state index contributed by atoms with van der Waals surface area (Å²) < 4.78 is 16.7. The number of hydrogen-bond donors (Lipinski definition) is 0. The smallest absolute Gasteiger partial charge is 0.410 e. The number of amides is 1. The van der Waals surface area contributed by atoms with Crippen molar-refractivity contribution < 1.29 is 19.0 Å². The van der Waals surface area contributed by atoms with Crippen LogP contribution in [0.25, 0.3) is 0 Å². The molecular weight excluding hydrogens is 246 g/mol. The minimum Gasteiger partial charge on any atom is -0.490 e. The van der Waals surface area contributed by atoms with Crippen LogP contribution in [0.3, 0.4) is 0 Å². The number of carbonyl (C=O) groups is 1. The van der Waals surface area contributed by atoms with Gasteiger partial charge in [-0.2, -0.15) is 0 Å². The third kappa shape index (κ3) is 2.09. The van der Waals surface area contributed by atoms with Crippen LogP contribution in [0.15, 0.2) is 18.2 Å². The van der Waals surface area contributed by atoms with Crippen LogP contribution < -0.4 is 9.47 Å². The first kappa shape index (κ1) is 12.1. The van der Waals surface area contributed by atoms with Gasteiger partial charge < -0.3 is 19.1 Å². The van der Waals surface area contributed by atoms with Crippen LogP contribution in [-0.4, -0.2) is 37.8 Å². The summed E-state index contributed by atoms with van der Waals surface area (Å²) >= 11 is 0. The highest BCUT2D eigenvalue weighted by Crippen LogP contribution is 2.38. The number of carbonyl (C=O) groups excluding carboxylic acids is 1. The first-order valence-corrected chi connectivity index (χ1v) is 6.43. The van der Waals surface area contributed by atoms with Crippen molar-refractivity contribution in [3.05, 3.63) is 23.8 Å². The highest BCUT2D eigenvalue weighted by atomic mass is 16.6. The molecule has 1 atom stereocenters. The number of likely N-dealkylation sites (N-methyl/N-ethyl adjacent to an activating group) is 1. The van der Waals surface area contributed by atoms with E-state index in [-0.39, 0.29) is 6.09 Å². The molecule has 2 aliphatic rings. The second-order valence-electron chi connectivity index (χ2n) is 5.17. The van der Waals surface area contributed by atoms with Crippen LogP contribution in [0.1, 0.15) is 18.9 Å². The van der Waals surface area contributed by atoms with Gasteiger partial charge in [-0.1, -0.05) is 6.07 Å². The van der Waals surface area contributed by atoms with E-state index < -0.39 is 5.60 Å². The summed E-state index contributed by atoms with van der Waals surface area (Å²) in [7, 11) is 1.73. The van der Waals surface area contributed by atoms with Gasteiger partial charge in [0, 0.05) is 19.0 Å². The van der Waals surface area contributed by atoms with Gasteiger partial charge in [0.05, 0.1) is 19.8 Å². The molecule has 1 unspecified atom stereocenters. The average Bonchev–Trinajstić information content (AvgIpc) is 2.57. The van der Waals surface area contributed by atoms with Gasteiger partial charge in [-0.05, 0) is 19.1 Å². The Morgan fingerprint density at radius 1 is 1.21 bits per heavy atom. The van der Waals surface area contributed by atoms with Gasteiger partial charge in [-0.3, -0.25) is 0 Å². The Kier molecular flexibility index (Phi) is 2.77. The molecule has 2 aliphatic heterocycles. The summed E-state index contributed by atoms with van der Waals surface area (Å²) in [5.41, 5.74) is 0.297. The van der Waals surface area contributed by atoms with Gasteiger partial charge >= 0.3 is 6.09 Å². The minimum atomic E-state index is -0.628. The molecule has 0 spiro atoms. The van der Waals surface area contributed by atoms with Gasteiger partial charge in [-0.15, -0.1) is 0 Å². The van der Waals surface area contributed by atoms with Crippen molar-refractivity contribution in [2.24, 2.45) is 0 Å². The molecule has 0 aromatic heterocycles. The van der Waals surface area contributed by atoms with E-state index in [1.807, 2.05) is 25.1 Å². The zero-order valence-corrected chi connectivity index (χ0v) is 11.1. The molecule has 5 nitrogen and oxygen atoms in total. The molecule has 1 aromatic rings. The Labute approximate surface area is 112 Å². The second-order valence-corrected chi connectivity index (χ2v) is 5.17. The largest absolute Gasteiger partial charge is 0.490 e. The molecule has 1 fully saturated rings. The Morgan fingerprint density at radius 3 is 2.63 bits per heavy atom. The fraction of sp³-hybridized carbons (Fsp3) is 0.500. The molecule has 0 radical (unpaired) electrons. The molecule has 1 saturated heterocycles. The lowest BCUT2D eigenvalue weighted by Crippen LogP contribution is -2.27. The van der Waals surface area contributed by atoms with Crippen LogP contribution in [-0.2, 0) is 10.3 Å². The lowest BCUT2D eigenvalue weighted by Gasteiger charge is -2.23. The van der Waals surface area contributed by atoms with Gasteiger partial charge in [0.1, 0.15) is 0 Å².